The summed E-state index contributed by atoms with van der Waals surface area (Å²) in [6.07, 6.45) is 4.70. The number of fused-ring (bicyclic) bond motifs is 1. The molecule has 2 N–H and O–H groups in total. The van der Waals surface area contributed by atoms with Crippen molar-refractivity contribution < 1.29 is 0 Å². The van der Waals surface area contributed by atoms with Crippen LogP contribution in [-0.4, -0.2) is 11.5 Å². The second-order valence-electron chi connectivity index (χ2n) is 5.53. The van der Waals surface area contributed by atoms with Crippen LogP contribution in [0.1, 0.15) is 25.0 Å². The predicted molar refractivity (Wildman–Crippen MR) is 85.9 cm³/mol. The third kappa shape index (κ3) is 2.94. The molecule has 1 aromatic heterocycles. The average molecular weight is 290 g/mol. The molecule has 2 aromatic rings. The van der Waals surface area contributed by atoms with Gasteiger partial charge < -0.3 is 10.6 Å². The highest BCUT2D eigenvalue weighted by Gasteiger charge is 2.26. The van der Waals surface area contributed by atoms with Crippen LogP contribution in [0.3, 0.4) is 0 Å². The number of hydrogen-bond acceptors (Lipinski definition) is 3. The molecule has 0 unspecified atom stereocenters. The quantitative estimate of drug-likeness (QED) is 0.886. The molecule has 0 fully saturated rings. The van der Waals surface area contributed by atoms with Gasteiger partial charge >= 0.3 is 0 Å². The van der Waals surface area contributed by atoms with Crippen molar-refractivity contribution in [2.45, 2.75) is 25.8 Å². The Morgan fingerprint density at radius 1 is 1.10 bits per heavy atom. The minimum atomic E-state index is 0. The highest BCUT2D eigenvalue weighted by Crippen LogP contribution is 2.31. The Hall–Kier alpha value is -1.58. The van der Waals surface area contributed by atoms with Crippen LogP contribution in [0.15, 0.2) is 42.7 Å². The van der Waals surface area contributed by atoms with Crippen molar-refractivity contribution >= 4 is 23.8 Å². The van der Waals surface area contributed by atoms with Crippen LogP contribution in [0.2, 0.25) is 0 Å². The van der Waals surface area contributed by atoms with Crippen molar-refractivity contribution in [3.05, 3.63) is 53.9 Å². The van der Waals surface area contributed by atoms with E-state index in [1.807, 2.05) is 12.1 Å². The molecule has 0 saturated carbocycles. The van der Waals surface area contributed by atoms with Crippen LogP contribution in [0.4, 0.5) is 11.4 Å². The highest BCUT2D eigenvalue weighted by molar-refractivity contribution is 5.85. The summed E-state index contributed by atoms with van der Waals surface area (Å²) in [6, 6.07) is 10.6. The monoisotopic (exact) mass is 289 g/mol. The standard InChI is InChI=1S/C16H19N3.ClH/c1-16(2)15-11-14(4-3-12(15)5-10-18-16)19-13-6-8-17-9-7-13;/h3-4,6-9,11,18H,5,10H2,1-2H3,(H,17,19);1H. The van der Waals surface area contributed by atoms with Crippen molar-refractivity contribution in [3.8, 4) is 0 Å². The SMILES string of the molecule is CC1(C)NCCc2ccc(Nc3ccncc3)cc21.Cl. The van der Waals surface area contributed by atoms with E-state index >= 15 is 0 Å². The van der Waals surface area contributed by atoms with Gasteiger partial charge in [0.15, 0.2) is 0 Å². The summed E-state index contributed by atoms with van der Waals surface area (Å²) in [5.41, 5.74) is 5.07. The second-order valence-corrected chi connectivity index (χ2v) is 5.53. The predicted octanol–water partition coefficient (Wildman–Crippen LogP) is 3.63. The Kier molecular flexibility index (Phi) is 4.31. The van der Waals surface area contributed by atoms with Gasteiger partial charge in [-0.1, -0.05) is 6.07 Å². The van der Waals surface area contributed by atoms with Crippen LogP contribution in [0.5, 0.6) is 0 Å². The minimum absolute atomic E-state index is 0. The van der Waals surface area contributed by atoms with E-state index in [0.717, 1.165) is 24.3 Å². The second kappa shape index (κ2) is 5.81. The summed E-state index contributed by atoms with van der Waals surface area (Å²) in [5.74, 6) is 0. The number of nitrogens with one attached hydrogen (secondary N) is 2. The van der Waals surface area contributed by atoms with Crippen LogP contribution < -0.4 is 10.6 Å². The topological polar surface area (TPSA) is 37.0 Å². The van der Waals surface area contributed by atoms with Crippen molar-refractivity contribution in [3.63, 3.8) is 0 Å². The molecule has 0 aliphatic carbocycles. The van der Waals surface area contributed by atoms with Gasteiger partial charge in [0.2, 0.25) is 0 Å². The maximum atomic E-state index is 4.03. The van der Waals surface area contributed by atoms with Crippen LogP contribution in [-0.2, 0) is 12.0 Å². The van der Waals surface area contributed by atoms with E-state index in [1.165, 1.54) is 11.1 Å². The van der Waals surface area contributed by atoms with E-state index in [2.05, 4.69) is 47.7 Å². The number of benzene rings is 1. The Morgan fingerprint density at radius 2 is 1.85 bits per heavy atom. The lowest BCUT2D eigenvalue weighted by atomic mass is 9.85. The first kappa shape index (κ1) is 14.8. The maximum Gasteiger partial charge on any atom is 0.0415 e. The Labute approximate surface area is 126 Å². The molecule has 3 nitrogen and oxygen atoms in total. The Bertz CT molecular complexity index is 582. The first-order chi connectivity index (χ1) is 9.15. The van der Waals surface area contributed by atoms with Gasteiger partial charge in [0.05, 0.1) is 0 Å². The van der Waals surface area contributed by atoms with E-state index in [-0.39, 0.29) is 17.9 Å². The summed E-state index contributed by atoms with van der Waals surface area (Å²) in [6.45, 7) is 5.53. The molecule has 0 radical (unpaired) electrons. The molecule has 3 rings (SSSR count). The molecule has 0 saturated heterocycles. The van der Waals surface area contributed by atoms with E-state index in [1.54, 1.807) is 12.4 Å². The molecule has 1 aliphatic rings. The normalized spacial score (nSPS) is 15.9. The molecule has 1 aromatic carbocycles. The van der Waals surface area contributed by atoms with Gasteiger partial charge in [-0.2, -0.15) is 0 Å². The largest absolute Gasteiger partial charge is 0.355 e. The molecule has 1 aliphatic heterocycles. The van der Waals surface area contributed by atoms with Gasteiger partial charge in [0.1, 0.15) is 0 Å². The van der Waals surface area contributed by atoms with E-state index in [9.17, 15) is 0 Å². The number of pyridine rings is 1. The van der Waals surface area contributed by atoms with E-state index in [0.29, 0.717) is 0 Å². The van der Waals surface area contributed by atoms with Crippen molar-refractivity contribution in [1.29, 1.82) is 0 Å². The number of hydrogen-bond donors (Lipinski definition) is 2. The number of rotatable bonds is 2. The molecule has 4 heteroatoms. The molecular formula is C16H20ClN3. The molecular weight excluding hydrogens is 270 g/mol. The third-order valence-corrected chi connectivity index (χ3v) is 3.71. The van der Waals surface area contributed by atoms with E-state index < -0.39 is 0 Å². The zero-order valence-electron chi connectivity index (χ0n) is 11.8. The average Bonchev–Trinajstić information content (AvgIpc) is 2.40. The first-order valence-corrected chi connectivity index (χ1v) is 6.71. The summed E-state index contributed by atoms with van der Waals surface area (Å²) in [4.78, 5) is 4.03. The lowest BCUT2D eigenvalue weighted by Crippen LogP contribution is -2.42. The molecule has 0 spiro atoms. The zero-order chi connectivity index (χ0) is 13.3. The first-order valence-electron chi connectivity index (χ1n) is 6.71. The summed E-state index contributed by atoms with van der Waals surface area (Å²) in [5, 5.41) is 6.99. The fourth-order valence-corrected chi connectivity index (χ4v) is 2.66. The van der Waals surface area contributed by atoms with Gasteiger partial charge in [0, 0.05) is 29.3 Å². The number of aromatic nitrogens is 1. The Morgan fingerprint density at radius 3 is 2.60 bits per heavy atom. The van der Waals surface area contributed by atoms with Crippen molar-refractivity contribution in [2.75, 3.05) is 11.9 Å². The smallest absolute Gasteiger partial charge is 0.0415 e. The molecule has 2 heterocycles. The van der Waals surface area contributed by atoms with Crippen LogP contribution >= 0.6 is 12.4 Å². The van der Waals surface area contributed by atoms with Gasteiger partial charge in [-0.25, -0.2) is 0 Å². The number of anilines is 2. The van der Waals surface area contributed by atoms with Crippen LogP contribution in [0.25, 0.3) is 0 Å². The maximum absolute atomic E-state index is 4.03. The molecule has 0 atom stereocenters. The van der Waals surface area contributed by atoms with Crippen LogP contribution in [0, 0.1) is 0 Å². The molecule has 0 bridgehead atoms. The van der Waals surface area contributed by atoms with Gasteiger partial charge in [-0.3, -0.25) is 4.98 Å². The summed E-state index contributed by atoms with van der Waals surface area (Å²) >= 11 is 0. The van der Waals surface area contributed by atoms with Crippen molar-refractivity contribution in [2.24, 2.45) is 0 Å². The van der Waals surface area contributed by atoms with Crippen molar-refractivity contribution in [1.82, 2.24) is 10.3 Å². The fraction of sp³-hybridized carbons (Fsp3) is 0.312. The Balaban J connectivity index is 0.00000147. The molecule has 20 heavy (non-hydrogen) atoms. The van der Waals surface area contributed by atoms with Gasteiger partial charge in [-0.15, -0.1) is 12.4 Å². The lowest BCUT2D eigenvalue weighted by Gasteiger charge is -2.34. The van der Waals surface area contributed by atoms with E-state index in [4.69, 9.17) is 0 Å². The third-order valence-electron chi connectivity index (χ3n) is 3.71. The highest BCUT2D eigenvalue weighted by atomic mass is 35.5. The van der Waals surface area contributed by atoms with Gasteiger partial charge in [-0.05, 0) is 62.2 Å². The molecule has 0 amide bonds. The zero-order valence-corrected chi connectivity index (χ0v) is 12.6. The van der Waals surface area contributed by atoms with Gasteiger partial charge in [0.25, 0.3) is 0 Å². The number of halogens is 1. The number of nitrogens with zero attached hydrogens (tertiary/aromatic N) is 1. The summed E-state index contributed by atoms with van der Waals surface area (Å²) < 4.78 is 0. The summed E-state index contributed by atoms with van der Waals surface area (Å²) in [7, 11) is 0. The minimum Gasteiger partial charge on any atom is -0.355 e. The lowest BCUT2D eigenvalue weighted by molar-refractivity contribution is 0.382. The molecule has 106 valence electrons. The fourth-order valence-electron chi connectivity index (χ4n) is 2.66.